The Morgan fingerprint density at radius 3 is 2.71 bits per heavy atom. The van der Waals surface area contributed by atoms with Crippen LogP contribution in [0.2, 0.25) is 0 Å². The van der Waals surface area contributed by atoms with E-state index in [-0.39, 0.29) is 0 Å². The van der Waals surface area contributed by atoms with Gasteiger partial charge in [-0.15, -0.1) is 0 Å². The summed E-state index contributed by atoms with van der Waals surface area (Å²) < 4.78 is 42.2. The number of fused-ring (bicyclic) bond motifs is 1. The van der Waals surface area contributed by atoms with Crippen LogP contribution in [-0.2, 0) is 12.6 Å². The molecule has 2 rings (SSSR count). The molecule has 0 radical (unpaired) electrons. The highest BCUT2D eigenvalue weighted by Crippen LogP contribution is 2.34. The average Bonchev–Trinajstić information content (AvgIpc) is 2.16. The van der Waals surface area contributed by atoms with E-state index in [9.17, 15) is 13.2 Å². The highest BCUT2D eigenvalue weighted by molar-refractivity contribution is 5.39. The van der Waals surface area contributed by atoms with Crippen LogP contribution in [-0.4, -0.2) is 6.61 Å². The van der Waals surface area contributed by atoms with Gasteiger partial charge in [-0.1, -0.05) is 0 Å². The van der Waals surface area contributed by atoms with Crippen molar-refractivity contribution in [2.24, 2.45) is 0 Å². The molecule has 1 aromatic rings. The van der Waals surface area contributed by atoms with Crippen molar-refractivity contribution in [1.82, 2.24) is 0 Å². The van der Waals surface area contributed by atoms with Gasteiger partial charge in [0, 0.05) is 0 Å². The summed E-state index contributed by atoms with van der Waals surface area (Å²) in [6, 6.07) is 3.63. The van der Waals surface area contributed by atoms with Crippen LogP contribution in [0.25, 0.3) is 0 Å². The first kappa shape index (κ1) is 9.37. The van der Waals surface area contributed by atoms with Gasteiger partial charge in [0.2, 0.25) is 0 Å². The number of rotatable bonds is 0. The molecule has 0 aliphatic carbocycles. The number of ether oxygens (including phenoxy) is 1. The Balaban J connectivity index is 2.39. The third-order valence-corrected chi connectivity index (χ3v) is 2.24. The van der Waals surface area contributed by atoms with Gasteiger partial charge in [0.05, 0.1) is 12.2 Å². The van der Waals surface area contributed by atoms with E-state index in [4.69, 9.17) is 4.74 Å². The Kier molecular flexibility index (Phi) is 2.13. The number of hydrogen-bond donors (Lipinski definition) is 0. The minimum Gasteiger partial charge on any atom is -0.493 e. The van der Waals surface area contributed by atoms with Crippen molar-refractivity contribution >= 4 is 0 Å². The Hall–Kier alpha value is -1.19. The van der Waals surface area contributed by atoms with Gasteiger partial charge in [-0.3, -0.25) is 0 Å². The number of halogens is 3. The molecule has 1 nitrogen and oxygen atoms in total. The van der Waals surface area contributed by atoms with Gasteiger partial charge >= 0.3 is 6.18 Å². The van der Waals surface area contributed by atoms with E-state index >= 15 is 0 Å². The molecule has 0 N–H and O–H groups in total. The smallest absolute Gasteiger partial charge is 0.416 e. The molecule has 0 aromatic heterocycles. The summed E-state index contributed by atoms with van der Waals surface area (Å²) in [6.45, 7) is 0.596. The fraction of sp³-hybridized carbons (Fsp3) is 0.400. The van der Waals surface area contributed by atoms with Crippen LogP contribution in [0.4, 0.5) is 13.2 Å². The summed E-state index contributed by atoms with van der Waals surface area (Å²) in [5, 5.41) is 0. The maximum atomic E-state index is 12.3. The number of aryl methyl sites for hydroxylation is 1. The summed E-state index contributed by atoms with van der Waals surface area (Å²) in [5.41, 5.74) is 0.0628. The molecule has 1 aliphatic rings. The van der Waals surface area contributed by atoms with E-state index in [1.165, 1.54) is 12.1 Å². The van der Waals surface area contributed by atoms with Crippen LogP contribution in [0, 0.1) is 0 Å². The molecular formula is C10H9F3O. The molecule has 0 atom stereocenters. The predicted molar refractivity (Wildman–Crippen MR) is 45.3 cm³/mol. The molecule has 0 unspecified atom stereocenters. The van der Waals surface area contributed by atoms with Crippen molar-refractivity contribution in [2.75, 3.05) is 6.61 Å². The number of benzene rings is 1. The molecule has 1 aromatic carbocycles. The lowest BCUT2D eigenvalue weighted by Crippen LogP contribution is -2.11. The van der Waals surface area contributed by atoms with Gasteiger partial charge in [0.25, 0.3) is 0 Å². The van der Waals surface area contributed by atoms with Crippen LogP contribution in [0.15, 0.2) is 18.2 Å². The number of alkyl halides is 3. The van der Waals surface area contributed by atoms with Crippen LogP contribution in [0.3, 0.4) is 0 Å². The van der Waals surface area contributed by atoms with E-state index in [2.05, 4.69) is 0 Å². The Bertz CT molecular complexity index is 344. The Morgan fingerprint density at radius 2 is 2.00 bits per heavy atom. The van der Waals surface area contributed by atoms with Crippen molar-refractivity contribution in [3.63, 3.8) is 0 Å². The molecule has 0 amide bonds. The van der Waals surface area contributed by atoms with E-state index in [0.29, 0.717) is 24.3 Å². The molecule has 1 heterocycles. The maximum Gasteiger partial charge on any atom is 0.416 e. The van der Waals surface area contributed by atoms with Crippen LogP contribution >= 0.6 is 0 Å². The van der Waals surface area contributed by atoms with Crippen molar-refractivity contribution in [1.29, 1.82) is 0 Å². The van der Waals surface area contributed by atoms with Crippen LogP contribution in [0.5, 0.6) is 5.75 Å². The predicted octanol–water partition coefficient (Wildman–Crippen LogP) is 3.03. The third kappa shape index (κ3) is 1.69. The van der Waals surface area contributed by atoms with Gasteiger partial charge in [0.1, 0.15) is 5.75 Å². The zero-order valence-corrected chi connectivity index (χ0v) is 7.40. The van der Waals surface area contributed by atoms with Gasteiger partial charge < -0.3 is 4.74 Å². The van der Waals surface area contributed by atoms with Crippen molar-refractivity contribution in [3.05, 3.63) is 29.3 Å². The normalized spacial score (nSPS) is 15.9. The second-order valence-corrected chi connectivity index (χ2v) is 3.27. The fourth-order valence-electron chi connectivity index (χ4n) is 1.54. The maximum absolute atomic E-state index is 12.3. The molecule has 0 spiro atoms. The molecule has 76 valence electrons. The summed E-state index contributed by atoms with van der Waals surface area (Å²) in [7, 11) is 0. The Labute approximate surface area is 79.5 Å². The quantitative estimate of drug-likeness (QED) is 0.628. The highest BCUT2D eigenvalue weighted by atomic mass is 19.4. The van der Waals surface area contributed by atoms with Crippen molar-refractivity contribution < 1.29 is 17.9 Å². The SMILES string of the molecule is FC(F)(F)c1ccc2c(c1)CCCO2. The van der Waals surface area contributed by atoms with Crippen molar-refractivity contribution in [2.45, 2.75) is 19.0 Å². The van der Waals surface area contributed by atoms with Crippen molar-refractivity contribution in [3.8, 4) is 5.75 Å². The number of hydrogen-bond acceptors (Lipinski definition) is 1. The van der Waals surface area contributed by atoms with Gasteiger partial charge in [-0.05, 0) is 36.6 Å². The fourth-order valence-corrected chi connectivity index (χ4v) is 1.54. The lowest BCUT2D eigenvalue weighted by atomic mass is 10.0. The van der Waals surface area contributed by atoms with E-state index in [1.807, 2.05) is 0 Å². The molecule has 0 saturated heterocycles. The largest absolute Gasteiger partial charge is 0.493 e. The lowest BCUT2D eigenvalue weighted by Gasteiger charge is -2.18. The summed E-state index contributed by atoms with van der Waals surface area (Å²) in [5.74, 6) is 0.587. The molecular weight excluding hydrogens is 193 g/mol. The molecule has 0 bridgehead atoms. The topological polar surface area (TPSA) is 9.23 Å². The Morgan fingerprint density at radius 1 is 1.21 bits per heavy atom. The average molecular weight is 202 g/mol. The first-order chi connectivity index (χ1) is 6.57. The highest BCUT2D eigenvalue weighted by Gasteiger charge is 2.31. The van der Waals surface area contributed by atoms with Gasteiger partial charge in [0.15, 0.2) is 0 Å². The molecule has 1 aliphatic heterocycles. The second kappa shape index (κ2) is 3.19. The van der Waals surface area contributed by atoms with E-state index in [1.54, 1.807) is 0 Å². The van der Waals surface area contributed by atoms with Gasteiger partial charge in [-0.2, -0.15) is 13.2 Å². The summed E-state index contributed by atoms with van der Waals surface area (Å²) in [6.07, 6.45) is -2.81. The standard InChI is InChI=1S/C10H9F3O/c11-10(12,13)8-3-4-9-7(6-8)2-1-5-14-9/h3-4,6H,1-2,5H2. The molecule has 0 saturated carbocycles. The zero-order chi connectivity index (χ0) is 10.2. The lowest BCUT2D eigenvalue weighted by molar-refractivity contribution is -0.137. The van der Waals surface area contributed by atoms with E-state index < -0.39 is 11.7 Å². The van der Waals surface area contributed by atoms with Crippen LogP contribution < -0.4 is 4.74 Å². The summed E-state index contributed by atoms with van der Waals surface area (Å²) in [4.78, 5) is 0. The minimum atomic E-state index is -4.26. The van der Waals surface area contributed by atoms with Gasteiger partial charge in [-0.25, -0.2) is 0 Å². The summed E-state index contributed by atoms with van der Waals surface area (Å²) >= 11 is 0. The first-order valence-corrected chi connectivity index (χ1v) is 4.40. The monoisotopic (exact) mass is 202 g/mol. The molecule has 4 heteroatoms. The minimum absolute atomic E-state index is 0.587. The third-order valence-electron chi connectivity index (χ3n) is 2.24. The van der Waals surface area contributed by atoms with E-state index in [0.717, 1.165) is 12.5 Å². The second-order valence-electron chi connectivity index (χ2n) is 3.27. The molecule has 14 heavy (non-hydrogen) atoms. The van der Waals surface area contributed by atoms with Crippen LogP contribution in [0.1, 0.15) is 17.5 Å². The zero-order valence-electron chi connectivity index (χ0n) is 7.40. The molecule has 0 fully saturated rings. The first-order valence-electron chi connectivity index (χ1n) is 4.40.